The summed E-state index contributed by atoms with van der Waals surface area (Å²) in [4.78, 5) is 39.9. The molecule has 0 spiro atoms. The number of hydrogen-bond donors (Lipinski definition) is 1. The number of piperazine rings is 1. The first-order valence-electron chi connectivity index (χ1n) is 9.04. The fourth-order valence-electron chi connectivity index (χ4n) is 3.12. The van der Waals surface area contributed by atoms with Crippen LogP contribution in [0.5, 0.6) is 5.75 Å². The van der Waals surface area contributed by atoms with Crippen LogP contribution in [0.1, 0.15) is 11.1 Å². The van der Waals surface area contributed by atoms with E-state index in [-0.39, 0.29) is 12.5 Å². The quantitative estimate of drug-likeness (QED) is 0.774. The first-order chi connectivity index (χ1) is 13.5. The van der Waals surface area contributed by atoms with Gasteiger partial charge in [-0.15, -0.1) is 0 Å². The van der Waals surface area contributed by atoms with Gasteiger partial charge in [-0.2, -0.15) is 0 Å². The summed E-state index contributed by atoms with van der Waals surface area (Å²) in [6.07, 6.45) is 0. The molecule has 28 heavy (non-hydrogen) atoms. The lowest BCUT2D eigenvalue weighted by Gasteiger charge is -2.33. The Balaban J connectivity index is 1.57. The zero-order valence-electron chi connectivity index (χ0n) is 16.0. The summed E-state index contributed by atoms with van der Waals surface area (Å²) in [7, 11) is 1.54. The molecule has 0 unspecified atom stereocenters. The van der Waals surface area contributed by atoms with E-state index in [1.807, 2.05) is 31.2 Å². The number of methoxy groups -OCH3 is 1. The van der Waals surface area contributed by atoms with Crippen LogP contribution in [0.25, 0.3) is 0 Å². The van der Waals surface area contributed by atoms with Crippen molar-refractivity contribution in [3.63, 3.8) is 0 Å². The third-order valence-electron chi connectivity index (χ3n) is 4.54. The molecule has 146 valence electrons. The van der Waals surface area contributed by atoms with Gasteiger partial charge in [0.15, 0.2) is 0 Å². The Kier molecular flexibility index (Phi) is 5.93. The van der Waals surface area contributed by atoms with Gasteiger partial charge in [0.2, 0.25) is 5.91 Å². The highest BCUT2D eigenvalue weighted by atomic mass is 16.5. The average Bonchev–Trinajstić information content (AvgIpc) is 2.68. The molecule has 2 aromatic carbocycles. The van der Waals surface area contributed by atoms with Crippen LogP contribution in [0.15, 0.2) is 48.5 Å². The van der Waals surface area contributed by atoms with Crippen molar-refractivity contribution in [3.8, 4) is 5.75 Å². The maximum atomic E-state index is 12.4. The SMILES string of the molecule is COc1cccc(NC(=O)CN2CCN(Cc3cccc(C)c3)C(=O)C2=O)c1. The van der Waals surface area contributed by atoms with Crippen LogP contribution in [-0.2, 0) is 20.9 Å². The van der Waals surface area contributed by atoms with E-state index in [0.29, 0.717) is 31.1 Å². The molecule has 1 aliphatic heterocycles. The fraction of sp³-hybridized carbons (Fsp3) is 0.286. The second-order valence-corrected chi connectivity index (χ2v) is 6.72. The van der Waals surface area contributed by atoms with Gasteiger partial charge in [0.25, 0.3) is 0 Å². The van der Waals surface area contributed by atoms with Crippen LogP contribution >= 0.6 is 0 Å². The molecular formula is C21H23N3O4. The highest BCUT2D eigenvalue weighted by molar-refractivity contribution is 6.35. The van der Waals surface area contributed by atoms with Crippen molar-refractivity contribution in [2.24, 2.45) is 0 Å². The molecule has 0 radical (unpaired) electrons. The van der Waals surface area contributed by atoms with Crippen LogP contribution in [0, 0.1) is 6.92 Å². The van der Waals surface area contributed by atoms with Crippen molar-refractivity contribution in [2.45, 2.75) is 13.5 Å². The van der Waals surface area contributed by atoms with Gasteiger partial charge in [-0.05, 0) is 24.6 Å². The lowest BCUT2D eigenvalue weighted by molar-refractivity contribution is -0.157. The van der Waals surface area contributed by atoms with Gasteiger partial charge in [-0.3, -0.25) is 14.4 Å². The van der Waals surface area contributed by atoms with E-state index < -0.39 is 11.8 Å². The largest absolute Gasteiger partial charge is 0.497 e. The number of ether oxygens (including phenoxy) is 1. The molecular weight excluding hydrogens is 358 g/mol. The molecule has 0 aliphatic carbocycles. The monoisotopic (exact) mass is 381 g/mol. The Hall–Kier alpha value is -3.35. The molecule has 0 saturated carbocycles. The Morgan fingerprint density at radius 3 is 2.50 bits per heavy atom. The summed E-state index contributed by atoms with van der Waals surface area (Å²) < 4.78 is 5.12. The van der Waals surface area contributed by atoms with E-state index in [4.69, 9.17) is 4.74 Å². The number of nitrogens with one attached hydrogen (secondary N) is 1. The number of carbonyl (C=O) groups excluding carboxylic acids is 3. The lowest BCUT2D eigenvalue weighted by Crippen LogP contribution is -2.55. The second-order valence-electron chi connectivity index (χ2n) is 6.72. The van der Waals surface area contributed by atoms with E-state index in [2.05, 4.69) is 5.32 Å². The molecule has 0 bridgehead atoms. The molecule has 1 fully saturated rings. The molecule has 1 heterocycles. The zero-order valence-corrected chi connectivity index (χ0v) is 16.0. The van der Waals surface area contributed by atoms with Gasteiger partial charge >= 0.3 is 11.8 Å². The number of benzene rings is 2. The molecule has 3 amide bonds. The minimum atomic E-state index is -0.653. The summed E-state index contributed by atoms with van der Waals surface area (Å²) in [6.45, 7) is 2.92. The highest BCUT2D eigenvalue weighted by Crippen LogP contribution is 2.17. The van der Waals surface area contributed by atoms with Crippen LogP contribution < -0.4 is 10.1 Å². The predicted octanol–water partition coefficient (Wildman–Crippen LogP) is 1.81. The fourth-order valence-corrected chi connectivity index (χ4v) is 3.12. The molecule has 0 aromatic heterocycles. The maximum Gasteiger partial charge on any atom is 0.312 e. The van der Waals surface area contributed by atoms with Crippen LogP contribution in [0.2, 0.25) is 0 Å². The molecule has 3 rings (SSSR count). The molecule has 2 aromatic rings. The Bertz CT molecular complexity index is 897. The smallest absolute Gasteiger partial charge is 0.312 e. The van der Waals surface area contributed by atoms with E-state index in [1.165, 1.54) is 9.80 Å². The minimum Gasteiger partial charge on any atom is -0.497 e. The number of anilines is 1. The molecule has 1 aliphatic rings. The number of rotatable bonds is 6. The minimum absolute atomic E-state index is 0.167. The summed E-state index contributed by atoms with van der Waals surface area (Å²) in [5, 5.41) is 2.72. The predicted molar refractivity (Wildman–Crippen MR) is 105 cm³/mol. The number of hydrogen-bond acceptors (Lipinski definition) is 4. The molecule has 7 nitrogen and oxygen atoms in total. The van der Waals surface area contributed by atoms with Crippen molar-refractivity contribution >= 4 is 23.4 Å². The summed E-state index contributed by atoms with van der Waals surface area (Å²) in [5.41, 5.74) is 2.65. The van der Waals surface area contributed by atoms with Crippen LogP contribution in [-0.4, -0.2) is 54.3 Å². The first-order valence-corrected chi connectivity index (χ1v) is 9.04. The summed E-state index contributed by atoms with van der Waals surface area (Å²) >= 11 is 0. The van der Waals surface area contributed by atoms with Crippen molar-refractivity contribution in [2.75, 3.05) is 32.1 Å². The van der Waals surface area contributed by atoms with E-state index in [0.717, 1.165) is 11.1 Å². The van der Waals surface area contributed by atoms with Gasteiger partial charge in [-0.25, -0.2) is 0 Å². The van der Waals surface area contributed by atoms with Gasteiger partial charge in [-0.1, -0.05) is 35.9 Å². The topological polar surface area (TPSA) is 79.0 Å². The van der Waals surface area contributed by atoms with Crippen molar-refractivity contribution in [1.29, 1.82) is 0 Å². The molecule has 7 heteroatoms. The lowest BCUT2D eigenvalue weighted by atomic mass is 10.1. The van der Waals surface area contributed by atoms with E-state index >= 15 is 0 Å². The van der Waals surface area contributed by atoms with E-state index in [1.54, 1.807) is 31.4 Å². The number of amides is 3. The van der Waals surface area contributed by atoms with Gasteiger partial charge in [0.05, 0.1) is 7.11 Å². The molecule has 1 saturated heterocycles. The van der Waals surface area contributed by atoms with Gasteiger partial charge in [0, 0.05) is 31.4 Å². The van der Waals surface area contributed by atoms with Gasteiger partial charge in [0.1, 0.15) is 12.3 Å². The Labute approximate surface area is 163 Å². The number of aryl methyl sites for hydroxylation is 1. The maximum absolute atomic E-state index is 12.4. The van der Waals surface area contributed by atoms with Crippen molar-refractivity contribution in [3.05, 3.63) is 59.7 Å². The Morgan fingerprint density at radius 2 is 1.75 bits per heavy atom. The highest BCUT2D eigenvalue weighted by Gasteiger charge is 2.33. The normalized spacial score (nSPS) is 14.2. The van der Waals surface area contributed by atoms with Crippen LogP contribution in [0.3, 0.4) is 0 Å². The number of nitrogens with zero attached hydrogens (tertiary/aromatic N) is 2. The Morgan fingerprint density at radius 1 is 1.04 bits per heavy atom. The molecule has 1 N–H and O–H groups in total. The first kappa shape index (κ1) is 19.4. The van der Waals surface area contributed by atoms with Crippen molar-refractivity contribution < 1.29 is 19.1 Å². The van der Waals surface area contributed by atoms with Crippen LogP contribution in [0.4, 0.5) is 5.69 Å². The summed E-state index contributed by atoms with van der Waals surface area (Å²) in [5.74, 6) is -0.975. The average molecular weight is 381 g/mol. The molecule has 0 atom stereocenters. The third kappa shape index (κ3) is 4.68. The zero-order chi connectivity index (χ0) is 20.1. The van der Waals surface area contributed by atoms with Gasteiger partial charge < -0.3 is 19.9 Å². The van der Waals surface area contributed by atoms with E-state index in [9.17, 15) is 14.4 Å². The standard InChI is InChI=1S/C21H23N3O4/c1-15-5-3-6-16(11-15)13-23-9-10-24(21(27)20(23)26)14-19(25)22-17-7-4-8-18(12-17)28-2/h3-8,11-12H,9-10,13-14H2,1-2H3,(H,22,25). The number of carbonyl (C=O) groups is 3. The third-order valence-corrected chi connectivity index (χ3v) is 4.54. The summed E-state index contributed by atoms with van der Waals surface area (Å²) in [6, 6.07) is 14.8. The second kappa shape index (κ2) is 8.56. The van der Waals surface area contributed by atoms with Crippen molar-refractivity contribution in [1.82, 2.24) is 9.80 Å².